The average molecular weight is 1860 g/mol. The van der Waals surface area contributed by atoms with Crippen molar-refractivity contribution in [2.45, 2.75) is 151 Å². The number of anilines is 1. The molecule has 1 heterocycles. The van der Waals surface area contributed by atoms with Crippen LogP contribution in [0.1, 0.15) is 125 Å². The standard InChI is InChI=1S/C86H109N15O32/c1-97(78(118)64(39-49-14-19-57(102)20-15-49)94-76(116)62(38-48-12-17-56(87)18-13-48)91-68(104)25-23-65(85(131)132)101-35-33-99(46-72(110)111)31-29-98(45-71(108)109)30-32-100(34-36-101)47-73(112)113)66(40-50-11-16-51-7-2-3-8-52(51)37-50)77(117)92-59(82(125)126)9-4-5-27-89-75(115)63(93-74(114)53-41-54(79(119)120)43-55(42-53)80(121)122)44-69(105)88-28-6-10-58(81(123)124)90-67(103)24-21-60(83(127)128)95-86(133)96-61(84(129)130)22-26-70(106)107/h2-3,7-8,11-20,37,41-43,58-66,102H,4-6,9-10,21-36,38-40,44-47,87H2,1H3,(H,88,105)(H,89,115)(H,90,103)(H,91,104)(H,92,117)(H,93,114)(H,94,116)(H,106,107)(H,108,109)(H,110,111)(H,112,113)(H,119,120)(H,121,122)(H,123,124)(H,125,126)(H,127,128)(H,129,130)(H,131,132)(H2,95,96,133)/t58-,59+,60-,61-,62-,63+,64+,65?,66+/m0/s1. The monoisotopic (exact) mass is 1860 g/mol. The van der Waals surface area contributed by atoms with Crippen molar-refractivity contribution in [1.29, 1.82) is 0 Å². The number of carboxylic acid groups (broad SMARTS) is 11. The van der Waals surface area contributed by atoms with Crippen LogP contribution >= 0.6 is 0 Å². The fraction of sp³-hybridized carbons (Fsp3) is 0.442. The molecule has 10 amide bonds. The predicted octanol–water partition coefficient (Wildman–Crippen LogP) is -1.58. The van der Waals surface area contributed by atoms with Crippen LogP contribution in [0.2, 0.25) is 0 Å². The SMILES string of the molecule is CN(C(=O)[C@@H](Cc1ccc(O)cc1)NC(=O)[C@H](Cc1ccc(N)cc1)NC(=O)CCC(C(=O)O)N1CCN(CC(=O)O)CCN(CC(=O)O)CCN(CC(=O)O)CC1)[C@H](Cc1ccc2ccccc2c1)C(=O)N[C@H](CCCCNC(=O)[C@@H](CC(=O)NCCC[C@H](NC(=O)CC[C@H](NC(=O)N[C@@H](CCC(=O)O)C(=O)O)C(=O)O)C(=O)O)NC(=O)c1cc(C(=O)O)cc(C(=O)O)c1)C(=O)O. The number of phenolic OH excluding ortho intramolecular Hbond substituents is 1. The Morgan fingerprint density at radius 2 is 0.820 bits per heavy atom. The summed E-state index contributed by atoms with van der Waals surface area (Å²) in [5.41, 5.74) is 5.62. The number of hydrogen-bond acceptors (Lipinski definition) is 26. The third kappa shape index (κ3) is 37.5. The predicted molar refractivity (Wildman–Crippen MR) is 464 cm³/mol. The zero-order valence-electron chi connectivity index (χ0n) is 72.2. The number of aromatic carboxylic acids is 2. The van der Waals surface area contributed by atoms with Crippen molar-refractivity contribution >= 4 is 135 Å². The molecule has 47 heteroatoms. The maximum atomic E-state index is 15.6. The van der Waals surface area contributed by atoms with E-state index < -0.39 is 261 Å². The summed E-state index contributed by atoms with van der Waals surface area (Å²) in [5, 5.41) is 141. The van der Waals surface area contributed by atoms with Gasteiger partial charge in [0.25, 0.3) is 5.91 Å². The lowest BCUT2D eigenvalue weighted by Crippen LogP contribution is -2.59. The Morgan fingerprint density at radius 1 is 0.376 bits per heavy atom. The molecule has 0 radical (unpaired) electrons. The van der Waals surface area contributed by atoms with Gasteiger partial charge in [0.2, 0.25) is 41.4 Å². The number of hydrogen-bond donors (Lipinski definition) is 22. The number of nitrogens with one attached hydrogen (secondary N) is 9. The maximum Gasteiger partial charge on any atom is 0.335 e. The Labute approximate surface area is 758 Å². The van der Waals surface area contributed by atoms with Crippen LogP contribution in [0.5, 0.6) is 5.75 Å². The number of nitrogen functional groups attached to an aromatic ring is 1. The maximum absolute atomic E-state index is 15.6. The molecule has 1 fully saturated rings. The Hall–Kier alpha value is -15.0. The molecule has 6 rings (SSSR count). The van der Waals surface area contributed by atoms with Crippen LogP contribution in [-0.4, -0.2) is 351 Å². The average Bonchev–Trinajstić information content (AvgIpc) is 0.822. The van der Waals surface area contributed by atoms with E-state index in [0.717, 1.165) is 28.5 Å². The second-order valence-corrected chi connectivity index (χ2v) is 31.4. The normalized spacial score (nSPS) is 14.9. The number of likely N-dealkylation sites (N-methyl/N-ethyl adjacent to an activating group) is 1. The fourth-order valence-electron chi connectivity index (χ4n) is 14.3. The van der Waals surface area contributed by atoms with Gasteiger partial charge in [-0.05, 0) is 121 Å². The van der Waals surface area contributed by atoms with Crippen LogP contribution in [0.4, 0.5) is 10.5 Å². The summed E-state index contributed by atoms with van der Waals surface area (Å²) in [6, 6.07) is 9.55. The lowest BCUT2D eigenvalue weighted by Gasteiger charge is -2.35. The van der Waals surface area contributed by atoms with Crippen LogP contribution in [0.15, 0.2) is 109 Å². The first kappa shape index (κ1) is 107. The summed E-state index contributed by atoms with van der Waals surface area (Å²) in [5.74, 6) is -24.7. The number of nitrogens with two attached hydrogens (primary N) is 1. The largest absolute Gasteiger partial charge is 0.508 e. The first-order valence-corrected chi connectivity index (χ1v) is 41.9. The van der Waals surface area contributed by atoms with Crippen molar-refractivity contribution in [3.8, 4) is 5.75 Å². The highest BCUT2D eigenvalue weighted by Gasteiger charge is 2.38. The van der Waals surface area contributed by atoms with Gasteiger partial charge in [0, 0.05) is 122 Å². The Bertz CT molecular complexity index is 4960. The highest BCUT2D eigenvalue weighted by molar-refractivity contribution is 6.04. The van der Waals surface area contributed by atoms with Gasteiger partial charge in [-0.1, -0.05) is 66.7 Å². The van der Waals surface area contributed by atoms with Gasteiger partial charge in [-0.25, -0.2) is 33.6 Å². The number of phenols is 1. The van der Waals surface area contributed by atoms with Gasteiger partial charge < -0.3 is 120 Å². The molecule has 1 saturated heterocycles. The van der Waals surface area contributed by atoms with Crippen molar-refractivity contribution in [1.82, 2.24) is 72.4 Å². The second kappa shape index (κ2) is 53.2. The number of aliphatic carboxylic acids is 9. The van der Waals surface area contributed by atoms with E-state index in [1.165, 1.54) is 63.0 Å². The van der Waals surface area contributed by atoms with Crippen molar-refractivity contribution < 1.29 is 157 Å². The highest BCUT2D eigenvalue weighted by Crippen LogP contribution is 2.23. The number of carboxylic acids is 11. The fourth-order valence-corrected chi connectivity index (χ4v) is 14.3. The minimum absolute atomic E-state index is 0.0170. The molecule has 0 bridgehead atoms. The number of benzene rings is 5. The molecule has 0 aliphatic carbocycles. The van der Waals surface area contributed by atoms with E-state index in [1.807, 2.05) is 16.7 Å². The van der Waals surface area contributed by atoms with Gasteiger partial charge in [-0.2, -0.15) is 0 Å². The molecule has 5 aromatic rings. The number of unbranched alkanes of at least 4 members (excludes halogenated alkanes) is 1. The number of nitrogens with zero attached hydrogens (tertiary/aromatic N) is 5. The van der Waals surface area contributed by atoms with E-state index in [2.05, 4.69) is 37.2 Å². The quantitative estimate of drug-likeness (QED) is 0.0154. The van der Waals surface area contributed by atoms with Gasteiger partial charge in [0.1, 0.15) is 60.1 Å². The van der Waals surface area contributed by atoms with Crippen molar-refractivity contribution in [3.05, 3.63) is 143 Å². The third-order valence-electron chi connectivity index (χ3n) is 21.4. The first-order valence-electron chi connectivity index (χ1n) is 41.9. The van der Waals surface area contributed by atoms with E-state index >= 15 is 14.4 Å². The Morgan fingerprint density at radius 3 is 1.33 bits per heavy atom. The lowest BCUT2D eigenvalue weighted by molar-refractivity contribution is -0.145. The van der Waals surface area contributed by atoms with Gasteiger partial charge in [0.15, 0.2) is 0 Å². The first-order chi connectivity index (χ1) is 62.9. The topological polar surface area (TPSA) is 735 Å². The van der Waals surface area contributed by atoms with Crippen LogP contribution in [0, 0.1) is 0 Å². The van der Waals surface area contributed by atoms with Gasteiger partial charge in [-0.15, -0.1) is 0 Å². The van der Waals surface area contributed by atoms with Gasteiger partial charge in [0.05, 0.1) is 37.2 Å². The molecule has 23 N–H and O–H groups in total. The molecule has 0 aromatic heterocycles. The number of carbonyl (C=O) groups is 20. The number of amides is 10. The van der Waals surface area contributed by atoms with E-state index in [0.29, 0.717) is 27.8 Å². The van der Waals surface area contributed by atoms with E-state index in [-0.39, 0.29) is 116 Å². The summed E-state index contributed by atoms with van der Waals surface area (Å²) in [7, 11) is 1.22. The van der Waals surface area contributed by atoms with Crippen molar-refractivity contribution in [3.63, 3.8) is 0 Å². The van der Waals surface area contributed by atoms with E-state index in [9.17, 15) is 138 Å². The van der Waals surface area contributed by atoms with Gasteiger partial charge >= 0.3 is 71.7 Å². The number of rotatable bonds is 53. The zero-order valence-corrected chi connectivity index (χ0v) is 72.2. The molecular weight excluding hydrogens is 1760 g/mol. The van der Waals surface area contributed by atoms with Gasteiger partial charge in [-0.3, -0.25) is 81.9 Å². The summed E-state index contributed by atoms with van der Waals surface area (Å²) >= 11 is 0. The second-order valence-electron chi connectivity index (χ2n) is 31.4. The zero-order chi connectivity index (χ0) is 98.3. The van der Waals surface area contributed by atoms with Crippen molar-refractivity contribution in [2.75, 3.05) is 97.9 Å². The van der Waals surface area contributed by atoms with Crippen LogP contribution in [0.3, 0.4) is 0 Å². The van der Waals surface area contributed by atoms with Crippen molar-refractivity contribution in [2.24, 2.45) is 0 Å². The summed E-state index contributed by atoms with van der Waals surface area (Å²) < 4.78 is 0. The molecule has 1 aliphatic heterocycles. The highest BCUT2D eigenvalue weighted by atomic mass is 16.4. The van der Waals surface area contributed by atoms with E-state index in [1.54, 1.807) is 48.5 Å². The minimum atomic E-state index is -1.87. The summed E-state index contributed by atoms with van der Waals surface area (Å²) in [6.07, 6.45) is -6.76. The summed E-state index contributed by atoms with van der Waals surface area (Å²) in [4.78, 5) is 267. The molecule has 47 nitrogen and oxygen atoms in total. The van der Waals surface area contributed by atoms with Crippen LogP contribution < -0.4 is 53.6 Å². The molecule has 5 aromatic carbocycles. The van der Waals surface area contributed by atoms with Crippen LogP contribution in [-0.2, 0) is 96.0 Å². The molecule has 1 aliphatic rings. The van der Waals surface area contributed by atoms with Crippen LogP contribution in [0.25, 0.3) is 10.8 Å². The Balaban J connectivity index is 1.19. The number of aromatic hydroxyl groups is 1. The number of urea groups is 1. The number of fused-ring (bicyclic) bond motifs is 1. The smallest absolute Gasteiger partial charge is 0.335 e. The third-order valence-corrected chi connectivity index (χ3v) is 21.4. The molecule has 0 saturated carbocycles. The Kier molecular flexibility index (Phi) is 42.7. The molecule has 720 valence electrons. The molecule has 9 atom stereocenters. The lowest BCUT2D eigenvalue weighted by atomic mass is 9.98. The van der Waals surface area contributed by atoms with E-state index in [4.69, 9.17) is 10.8 Å². The molecule has 0 spiro atoms. The molecule has 133 heavy (non-hydrogen) atoms. The number of carbonyl (C=O) groups excluding carboxylic acids is 9. The summed E-state index contributed by atoms with van der Waals surface area (Å²) in [6.45, 7) is -2.46. The molecule has 1 unspecified atom stereocenters. The molecular formula is C86H109N15O32. The minimum Gasteiger partial charge on any atom is -0.508 e.